The van der Waals surface area contributed by atoms with E-state index in [1.54, 1.807) is 0 Å². The summed E-state index contributed by atoms with van der Waals surface area (Å²) < 4.78 is 0. The summed E-state index contributed by atoms with van der Waals surface area (Å²) >= 11 is 0. The second-order valence-corrected chi connectivity index (χ2v) is 6.09. The molecule has 0 aromatic rings. The summed E-state index contributed by atoms with van der Waals surface area (Å²) in [6.45, 7) is 7.14. The molecule has 0 spiro atoms. The number of unbranched alkanes of at least 4 members (excludes halogenated alkanes) is 2. The smallest absolute Gasteiger partial charge is 0.0248 e. The van der Waals surface area contributed by atoms with E-state index in [4.69, 9.17) is 0 Å². The Kier molecular flexibility index (Phi) is 7.92. The maximum atomic E-state index is 2.63. The van der Waals surface area contributed by atoms with E-state index < -0.39 is 0 Å². The first-order valence-electron chi connectivity index (χ1n) is 8.11. The Morgan fingerprint density at radius 3 is 1.50 bits per heavy atom. The molecule has 1 aliphatic carbocycles. The standard InChI is InChI=1S/C16H34N2/c1-5-7-13-17(3)15-11-9-10-12-16(15)18(4)14-8-6-2/h15-16H,5-14H2,1-4H3/t15-,16-/m1/s1. The zero-order chi connectivity index (χ0) is 13.4. The summed E-state index contributed by atoms with van der Waals surface area (Å²) in [5.74, 6) is 0. The summed E-state index contributed by atoms with van der Waals surface area (Å²) in [7, 11) is 4.68. The fourth-order valence-electron chi connectivity index (χ4n) is 3.27. The Bertz CT molecular complexity index is 183. The molecule has 0 radical (unpaired) electrons. The minimum absolute atomic E-state index is 0.798. The molecule has 1 saturated carbocycles. The average molecular weight is 254 g/mol. The first kappa shape index (κ1) is 16.0. The second-order valence-electron chi connectivity index (χ2n) is 6.09. The van der Waals surface area contributed by atoms with Crippen molar-refractivity contribution in [2.45, 2.75) is 77.3 Å². The number of likely N-dealkylation sites (N-methyl/N-ethyl adjacent to an activating group) is 2. The Morgan fingerprint density at radius 1 is 0.778 bits per heavy atom. The lowest BCUT2D eigenvalue weighted by Crippen LogP contribution is -2.51. The maximum Gasteiger partial charge on any atom is 0.0248 e. The van der Waals surface area contributed by atoms with Gasteiger partial charge < -0.3 is 9.80 Å². The van der Waals surface area contributed by atoms with Crippen LogP contribution in [0.4, 0.5) is 0 Å². The highest BCUT2D eigenvalue weighted by Crippen LogP contribution is 2.26. The van der Waals surface area contributed by atoms with Gasteiger partial charge in [0.05, 0.1) is 0 Å². The predicted molar refractivity (Wildman–Crippen MR) is 81.1 cm³/mol. The summed E-state index contributed by atoms with van der Waals surface area (Å²) in [6, 6.07) is 1.60. The molecule has 1 fully saturated rings. The third-order valence-corrected chi connectivity index (χ3v) is 4.55. The van der Waals surface area contributed by atoms with Crippen LogP contribution in [0.2, 0.25) is 0 Å². The summed E-state index contributed by atoms with van der Waals surface area (Å²) in [4.78, 5) is 5.27. The van der Waals surface area contributed by atoms with E-state index in [-0.39, 0.29) is 0 Å². The van der Waals surface area contributed by atoms with Gasteiger partial charge in [-0.1, -0.05) is 39.5 Å². The fourth-order valence-corrected chi connectivity index (χ4v) is 3.27. The molecule has 0 saturated heterocycles. The van der Waals surface area contributed by atoms with Gasteiger partial charge in [0.1, 0.15) is 0 Å². The van der Waals surface area contributed by atoms with Crippen molar-refractivity contribution in [2.75, 3.05) is 27.2 Å². The Balaban J connectivity index is 2.49. The molecule has 1 rings (SSSR count). The Hall–Kier alpha value is -0.0800. The molecular weight excluding hydrogens is 220 g/mol. The van der Waals surface area contributed by atoms with Crippen LogP contribution in [0.5, 0.6) is 0 Å². The van der Waals surface area contributed by atoms with E-state index in [2.05, 4.69) is 37.7 Å². The Morgan fingerprint density at radius 2 is 1.17 bits per heavy atom. The molecule has 0 aliphatic heterocycles. The minimum atomic E-state index is 0.798. The van der Waals surface area contributed by atoms with Crippen LogP contribution in [0.3, 0.4) is 0 Å². The van der Waals surface area contributed by atoms with Gasteiger partial charge in [-0.15, -0.1) is 0 Å². The third-order valence-electron chi connectivity index (χ3n) is 4.55. The fraction of sp³-hybridized carbons (Fsp3) is 1.00. The van der Waals surface area contributed by atoms with Crippen LogP contribution in [-0.2, 0) is 0 Å². The predicted octanol–water partition coefficient (Wildman–Crippen LogP) is 3.76. The molecule has 18 heavy (non-hydrogen) atoms. The number of rotatable bonds is 8. The van der Waals surface area contributed by atoms with Crippen LogP contribution >= 0.6 is 0 Å². The molecule has 0 unspecified atom stereocenters. The van der Waals surface area contributed by atoms with E-state index in [0.717, 1.165) is 12.1 Å². The van der Waals surface area contributed by atoms with E-state index >= 15 is 0 Å². The van der Waals surface area contributed by atoms with Gasteiger partial charge in [0.2, 0.25) is 0 Å². The van der Waals surface area contributed by atoms with Crippen LogP contribution in [0.1, 0.15) is 65.2 Å². The lowest BCUT2D eigenvalue weighted by molar-refractivity contribution is 0.0761. The molecule has 108 valence electrons. The lowest BCUT2D eigenvalue weighted by atomic mass is 9.88. The van der Waals surface area contributed by atoms with Gasteiger partial charge >= 0.3 is 0 Å². The van der Waals surface area contributed by atoms with Crippen molar-refractivity contribution in [3.8, 4) is 0 Å². The monoisotopic (exact) mass is 254 g/mol. The molecule has 0 aromatic carbocycles. The van der Waals surface area contributed by atoms with Crippen LogP contribution in [0.25, 0.3) is 0 Å². The number of hydrogen-bond donors (Lipinski definition) is 0. The van der Waals surface area contributed by atoms with Crippen molar-refractivity contribution in [1.29, 1.82) is 0 Å². The van der Waals surface area contributed by atoms with Crippen molar-refractivity contribution >= 4 is 0 Å². The minimum Gasteiger partial charge on any atom is -0.302 e. The van der Waals surface area contributed by atoms with Crippen LogP contribution in [0, 0.1) is 0 Å². The van der Waals surface area contributed by atoms with Gasteiger partial charge in [0, 0.05) is 12.1 Å². The highest BCUT2D eigenvalue weighted by molar-refractivity contribution is 4.87. The van der Waals surface area contributed by atoms with Gasteiger partial charge in [0.15, 0.2) is 0 Å². The molecule has 0 bridgehead atoms. The second kappa shape index (κ2) is 8.92. The first-order valence-corrected chi connectivity index (χ1v) is 8.11. The summed E-state index contributed by atoms with van der Waals surface area (Å²) in [5, 5.41) is 0. The maximum absolute atomic E-state index is 2.63. The zero-order valence-corrected chi connectivity index (χ0v) is 13.1. The first-order chi connectivity index (χ1) is 8.70. The molecule has 0 heterocycles. The number of nitrogens with zero attached hydrogens (tertiary/aromatic N) is 2. The van der Waals surface area contributed by atoms with E-state index in [0.29, 0.717) is 0 Å². The molecule has 0 N–H and O–H groups in total. The summed E-state index contributed by atoms with van der Waals surface area (Å²) in [6.07, 6.45) is 11.0. The third kappa shape index (κ3) is 4.89. The van der Waals surface area contributed by atoms with Crippen LogP contribution in [0.15, 0.2) is 0 Å². The van der Waals surface area contributed by atoms with Gasteiger partial charge in [-0.25, -0.2) is 0 Å². The van der Waals surface area contributed by atoms with Crippen molar-refractivity contribution in [1.82, 2.24) is 9.80 Å². The SMILES string of the molecule is CCCCN(C)[C@@H]1CCCC[C@H]1N(C)CCCC. The highest BCUT2D eigenvalue weighted by Gasteiger charge is 2.30. The van der Waals surface area contributed by atoms with Crippen LogP contribution in [-0.4, -0.2) is 49.1 Å². The van der Waals surface area contributed by atoms with Crippen molar-refractivity contribution in [2.24, 2.45) is 0 Å². The van der Waals surface area contributed by atoms with E-state index in [1.165, 1.54) is 64.5 Å². The van der Waals surface area contributed by atoms with Crippen molar-refractivity contribution in [3.63, 3.8) is 0 Å². The van der Waals surface area contributed by atoms with Gasteiger partial charge in [-0.3, -0.25) is 0 Å². The molecule has 1 aliphatic rings. The van der Waals surface area contributed by atoms with Crippen LogP contribution < -0.4 is 0 Å². The normalized spacial score (nSPS) is 25.0. The highest BCUT2D eigenvalue weighted by atomic mass is 15.2. The zero-order valence-electron chi connectivity index (χ0n) is 13.1. The average Bonchev–Trinajstić information content (AvgIpc) is 2.42. The molecular formula is C16H34N2. The molecule has 0 amide bonds. The number of hydrogen-bond acceptors (Lipinski definition) is 2. The van der Waals surface area contributed by atoms with Crippen molar-refractivity contribution in [3.05, 3.63) is 0 Å². The largest absolute Gasteiger partial charge is 0.302 e. The van der Waals surface area contributed by atoms with Gasteiger partial charge in [-0.05, 0) is 52.9 Å². The quantitative estimate of drug-likeness (QED) is 0.651. The van der Waals surface area contributed by atoms with Gasteiger partial charge in [-0.2, -0.15) is 0 Å². The molecule has 2 nitrogen and oxygen atoms in total. The lowest BCUT2D eigenvalue weighted by Gasteiger charge is -2.42. The van der Waals surface area contributed by atoms with Gasteiger partial charge in [0.25, 0.3) is 0 Å². The molecule has 0 aromatic heterocycles. The van der Waals surface area contributed by atoms with E-state index in [1.807, 2.05) is 0 Å². The molecule has 2 atom stereocenters. The van der Waals surface area contributed by atoms with Crippen molar-refractivity contribution < 1.29 is 0 Å². The van der Waals surface area contributed by atoms with E-state index in [9.17, 15) is 0 Å². The topological polar surface area (TPSA) is 6.48 Å². The Labute approximate surface area is 115 Å². The summed E-state index contributed by atoms with van der Waals surface area (Å²) in [5.41, 5.74) is 0. The molecule has 2 heteroatoms.